The smallest absolute Gasteiger partial charge is 0.248 e. The zero-order chi connectivity index (χ0) is 12.9. The Kier molecular flexibility index (Phi) is 2.41. The number of pyridine rings is 1. The molecule has 1 aromatic heterocycles. The number of aryl methyl sites for hydroxylation is 1. The molecule has 3 N–H and O–H groups in total. The van der Waals surface area contributed by atoms with Gasteiger partial charge in [-0.2, -0.15) is 0 Å². The van der Waals surface area contributed by atoms with E-state index in [1.807, 2.05) is 13.0 Å². The van der Waals surface area contributed by atoms with Gasteiger partial charge in [-0.1, -0.05) is 6.92 Å². The molecule has 2 aromatic rings. The zero-order valence-electron chi connectivity index (χ0n) is 10.5. The van der Waals surface area contributed by atoms with E-state index in [9.17, 15) is 4.79 Å². The number of hydrogen-bond donors (Lipinski definition) is 2. The van der Waals surface area contributed by atoms with Gasteiger partial charge in [0.2, 0.25) is 5.56 Å². The summed E-state index contributed by atoms with van der Waals surface area (Å²) in [7, 11) is 0. The van der Waals surface area contributed by atoms with Crippen LogP contribution in [-0.2, 0) is 0 Å². The predicted molar refractivity (Wildman–Crippen MR) is 71.2 cm³/mol. The molecule has 0 aliphatic carbocycles. The topological polar surface area (TPSA) is 68.1 Å². The van der Waals surface area contributed by atoms with Crippen LogP contribution in [0.15, 0.2) is 23.0 Å². The summed E-state index contributed by atoms with van der Waals surface area (Å²) in [5.74, 6) is 1.16. The van der Waals surface area contributed by atoms with Crippen molar-refractivity contribution in [3.05, 3.63) is 39.7 Å². The first-order valence-electron chi connectivity index (χ1n) is 6.15. The van der Waals surface area contributed by atoms with Crippen molar-refractivity contribution in [2.24, 2.45) is 5.73 Å². The number of benzene rings is 1. The number of nitrogens with two attached hydrogens (primary N) is 1. The zero-order valence-corrected chi connectivity index (χ0v) is 10.5. The minimum Gasteiger partial charge on any atom is -0.487 e. The van der Waals surface area contributed by atoms with Gasteiger partial charge in [-0.15, -0.1) is 0 Å². The maximum atomic E-state index is 11.4. The van der Waals surface area contributed by atoms with Crippen LogP contribution in [0.25, 0.3) is 10.9 Å². The van der Waals surface area contributed by atoms with Crippen molar-refractivity contribution in [3.63, 3.8) is 0 Å². The fourth-order valence-electron chi connectivity index (χ4n) is 2.68. The van der Waals surface area contributed by atoms with Crippen LogP contribution in [-0.4, -0.2) is 17.6 Å². The average molecular weight is 244 g/mol. The number of rotatable bonds is 1. The highest BCUT2D eigenvalue weighted by molar-refractivity contribution is 5.89. The van der Waals surface area contributed by atoms with E-state index in [-0.39, 0.29) is 11.7 Å². The Hall–Kier alpha value is -1.81. The van der Waals surface area contributed by atoms with Crippen LogP contribution < -0.4 is 16.0 Å². The molecule has 0 bridgehead atoms. The van der Waals surface area contributed by atoms with Gasteiger partial charge in [0.15, 0.2) is 0 Å². The lowest BCUT2D eigenvalue weighted by atomic mass is 9.94. The molecule has 1 aromatic carbocycles. The van der Waals surface area contributed by atoms with Crippen molar-refractivity contribution in [2.45, 2.75) is 25.9 Å². The molecule has 2 atom stereocenters. The molecule has 0 saturated heterocycles. The molecule has 4 nitrogen and oxygen atoms in total. The Morgan fingerprint density at radius 1 is 1.44 bits per heavy atom. The molecule has 1 aliphatic heterocycles. The average Bonchev–Trinajstić information content (AvgIpc) is 2.67. The summed E-state index contributed by atoms with van der Waals surface area (Å²) < 4.78 is 5.93. The lowest BCUT2D eigenvalue weighted by molar-refractivity contribution is 0.221. The van der Waals surface area contributed by atoms with Crippen LogP contribution in [0.2, 0.25) is 0 Å². The van der Waals surface area contributed by atoms with Gasteiger partial charge in [0.25, 0.3) is 0 Å². The van der Waals surface area contributed by atoms with Gasteiger partial charge in [0, 0.05) is 29.5 Å². The summed E-state index contributed by atoms with van der Waals surface area (Å²) in [6.45, 7) is 4.63. The molecule has 0 unspecified atom stereocenters. The van der Waals surface area contributed by atoms with Crippen LogP contribution in [0.4, 0.5) is 0 Å². The molecule has 0 saturated carbocycles. The number of nitrogens with one attached hydrogen (secondary N) is 1. The minimum absolute atomic E-state index is 0.0249. The van der Waals surface area contributed by atoms with E-state index in [1.54, 1.807) is 0 Å². The molecular weight excluding hydrogens is 228 g/mol. The number of aromatic nitrogens is 1. The predicted octanol–water partition coefficient (Wildman–Crippen LogP) is 1.66. The lowest BCUT2D eigenvalue weighted by Crippen LogP contribution is -2.26. The van der Waals surface area contributed by atoms with Crippen molar-refractivity contribution in [1.82, 2.24) is 4.98 Å². The van der Waals surface area contributed by atoms with Crippen LogP contribution in [0.1, 0.15) is 24.0 Å². The molecule has 94 valence electrons. The second-order valence-electron chi connectivity index (χ2n) is 4.90. The molecule has 0 spiro atoms. The second-order valence-corrected chi connectivity index (χ2v) is 4.90. The first kappa shape index (κ1) is 11.3. The fourth-order valence-corrected chi connectivity index (χ4v) is 2.68. The second kappa shape index (κ2) is 3.85. The normalized spacial score (nSPS) is 21.9. The van der Waals surface area contributed by atoms with E-state index in [2.05, 4.69) is 18.0 Å². The van der Waals surface area contributed by atoms with Crippen molar-refractivity contribution in [3.8, 4) is 5.75 Å². The fraction of sp³-hybridized carbons (Fsp3) is 0.357. The van der Waals surface area contributed by atoms with E-state index in [0.717, 1.165) is 22.2 Å². The number of hydrogen-bond acceptors (Lipinski definition) is 3. The first-order chi connectivity index (χ1) is 8.61. The van der Waals surface area contributed by atoms with E-state index in [1.165, 1.54) is 11.6 Å². The third kappa shape index (κ3) is 1.46. The third-order valence-corrected chi connectivity index (χ3v) is 3.74. The standard InChI is InChI=1S/C14H16N2O2/c1-7-5-10-8(2)11(6-15)18-14(10)9-3-4-12(17)16-13(7)9/h3-5,8,11H,6,15H2,1-2H3,(H,16,17)/t8-,11+/m1/s1. The van der Waals surface area contributed by atoms with Crippen LogP contribution in [0, 0.1) is 6.92 Å². The molecule has 0 fully saturated rings. The summed E-state index contributed by atoms with van der Waals surface area (Å²) in [5.41, 5.74) is 8.74. The number of aromatic amines is 1. The van der Waals surface area contributed by atoms with Crippen molar-refractivity contribution in [1.29, 1.82) is 0 Å². The van der Waals surface area contributed by atoms with E-state index >= 15 is 0 Å². The highest BCUT2D eigenvalue weighted by Crippen LogP contribution is 2.43. The molecule has 18 heavy (non-hydrogen) atoms. The Labute approximate surface area is 105 Å². The summed E-state index contributed by atoms with van der Waals surface area (Å²) in [6, 6.07) is 5.45. The summed E-state index contributed by atoms with van der Waals surface area (Å²) in [5, 5.41) is 0.965. The van der Waals surface area contributed by atoms with Gasteiger partial charge in [-0.3, -0.25) is 4.79 Å². The maximum Gasteiger partial charge on any atom is 0.248 e. The minimum atomic E-state index is -0.0908. The molecule has 3 rings (SSSR count). The Morgan fingerprint density at radius 3 is 2.94 bits per heavy atom. The Morgan fingerprint density at radius 2 is 2.22 bits per heavy atom. The molecular formula is C14H16N2O2. The van der Waals surface area contributed by atoms with Crippen LogP contribution in [0.3, 0.4) is 0 Å². The Balaban J connectivity index is 2.33. The molecule has 2 heterocycles. The van der Waals surface area contributed by atoms with Gasteiger partial charge in [-0.05, 0) is 24.6 Å². The summed E-state index contributed by atoms with van der Waals surface area (Å²) >= 11 is 0. The monoisotopic (exact) mass is 244 g/mol. The molecule has 4 heteroatoms. The SMILES string of the molecule is Cc1cc2c(c3ccc(=O)[nH]c13)O[C@@H](CN)[C@@H]2C. The van der Waals surface area contributed by atoms with E-state index in [4.69, 9.17) is 10.5 Å². The van der Waals surface area contributed by atoms with E-state index < -0.39 is 0 Å². The van der Waals surface area contributed by atoms with Crippen LogP contribution >= 0.6 is 0 Å². The number of fused-ring (bicyclic) bond motifs is 3. The van der Waals surface area contributed by atoms with Crippen molar-refractivity contribution >= 4 is 10.9 Å². The highest BCUT2D eigenvalue weighted by Gasteiger charge is 2.31. The highest BCUT2D eigenvalue weighted by atomic mass is 16.5. The lowest BCUT2D eigenvalue weighted by Gasteiger charge is -2.11. The summed E-state index contributed by atoms with van der Waals surface area (Å²) in [6.07, 6.45) is 0.0249. The number of ether oxygens (including phenoxy) is 1. The van der Waals surface area contributed by atoms with Gasteiger partial charge >= 0.3 is 0 Å². The van der Waals surface area contributed by atoms with Gasteiger partial charge in [0.1, 0.15) is 11.9 Å². The van der Waals surface area contributed by atoms with Gasteiger partial charge < -0.3 is 15.5 Å². The maximum absolute atomic E-state index is 11.4. The quantitative estimate of drug-likeness (QED) is 0.801. The first-order valence-corrected chi connectivity index (χ1v) is 6.15. The van der Waals surface area contributed by atoms with Crippen LogP contribution in [0.5, 0.6) is 5.75 Å². The van der Waals surface area contributed by atoms with Crippen molar-refractivity contribution < 1.29 is 4.74 Å². The van der Waals surface area contributed by atoms with E-state index in [0.29, 0.717) is 12.5 Å². The van der Waals surface area contributed by atoms with Crippen molar-refractivity contribution in [2.75, 3.05) is 6.54 Å². The summed E-state index contributed by atoms with van der Waals surface area (Å²) in [4.78, 5) is 14.3. The third-order valence-electron chi connectivity index (χ3n) is 3.74. The van der Waals surface area contributed by atoms with Gasteiger partial charge in [0.05, 0.1) is 5.52 Å². The Bertz CT molecular complexity index is 675. The van der Waals surface area contributed by atoms with Gasteiger partial charge in [-0.25, -0.2) is 0 Å². The number of H-pyrrole nitrogens is 1. The molecule has 0 amide bonds. The molecule has 0 radical (unpaired) electrons. The largest absolute Gasteiger partial charge is 0.487 e. The molecule has 1 aliphatic rings.